The summed E-state index contributed by atoms with van der Waals surface area (Å²) >= 11 is 0. The van der Waals surface area contributed by atoms with Crippen LogP contribution in [-0.2, 0) is 4.79 Å². The Kier molecular flexibility index (Phi) is 4.20. The van der Waals surface area contributed by atoms with Gasteiger partial charge in [0, 0.05) is 5.56 Å². The number of hydrogen-bond donors (Lipinski definition) is 1. The van der Waals surface area contributed by atoms with Gasteiger partial charge in [0.1, 0.15) is 0 Å². The third-order valence-electron chi connectivity index (χ3n) is 2.23. The number of hydrogen-bond acceptors (Lipinski definition) is 1. The Labute approximate surface area is 96.8 Å². The summed E-state index contributed by atoms with van der Waals surface area (Å²) in [5, 5.41) is 8.36. The molecule has 8 heteroatoms. The maximum atomic E-state index is 13.2. The Hall–Kier alpha value is -1.73. The minimum absolute atomic E-state index is 0.0352. The van der Waals surface area contributed by atoms with Crippen LogP contribution < -0.4 is 0 Å². The van der Waals surface area contributed by atoms with Crippen LogP contribution in [0.3, 0.4) is 0 Å². The van der Waals surface area contributed by atoms with E-state index in [9.17, 15) is 31.1 Å². The Morgan fingerprint density at radius 3 is 2.11 bits per heavy atom. The number of aliphatic carboxylic acids is 1. The maximum Gasteiger partial charge on any atom is 0.304 e. The molecule has 100 valence electrons. The van der Waals surface area contributed by atoms with Crippen LogP contribution in [0.15, 0.2) is 6.07 Å². The number of carbonyl (C=O) groups is 1. The molecule has 0 spiro atoms. The Morgan fingerprint density at radius 1 is 1.11 bits per heavy atom. The minimum Gasteiger partial charge on any atom is -0.481 e. The average Bonchev–Trinajstić information content (AvgIpc) is 2.28. The molecule has 0 saturated heterocycles. The summed E-state index contributed by atoms with van der Waals surface area (Å²) in [7, 11) is 0. The number of alkyl halides is 2. The third kappa shape index (κ3) is 2.74. The molecule has 0 fully saturated rings. The predicted octanol–water partition coefficient (Wildman–Crippen LogP) is 3.07. The van der Waals surface area contributed by atoms with E-state index >= 15 is 0 Å². The molecule has 2 nitrogen and oxygen atoms in total. The van der Waals surface area contributed by atoms with Crippen molar-refractivity contribution in [2.75, 3.05) is 0 Å². The minimum atomic E-state index is -3.36. The lowest BCUT2D eigenvalue weighted by molar-refractivity contribution is -0.138. The van der Waals surface area contributed by atoms with Crippen molar-refractivity contribution < 1.29 is 36.2 Å². The van der Waals surface area contributed by atoms with Crippen molar-refractivity contribution in [2.45, 2.75) is 18.8 Å². The van der Waals surface area contributed by atoms with Gasteiger partial charge in [0.05, 0.1) is 12.3 Å². The van der Waals surface area contributed by atoms with Crippen LogP contribution in [0.5, 0.6) is 0 Å². The van der Waals surface area contributed by atoms with Crippen LogP contribution in [-0.4, -0.2) is 17.5 Å². The van der Waals surface area contributed by atoms with E-state index in [2.05, 4.69) is 0 Å². The molecule has 0 heterocycles. The second kappa shape index (κ2) is 5.28. The molecule has 1 aromatic rings. The van der Waals surface area contributed by atoms with Crippen molar-refractivity contribution in [3.05, 3.63) is 34.9 Å². The van der Waals surface area contributed by atoms with Gasteiger partial charge in [-0.2, -0.15) is 0 Å². The molecule has 0 bridgehead atoms. The van der Waals surface area contributed by atoms with Crippen LogP contribution >= 0.6 is 0 Å². The summed E-state index contributed by atoms with van der Waals surface area (Å²) in [5.74, 6) is -12.2. The van der Waals surface area contributed by atoms with Gasteiger partial charge >= 0.3 is 5.97 Å². The fraction of sp³-hybridized carbons (Fsp3) is 0.300. The molecule has 1 aromatic carbocycles. The van der Waals surface area contributed by atoms with E-state index in [1.165, 1.54) is 0 Å². The van der Waals surface area contributed by atoms with Gasteiger partial charge < -0.3 is 5.11 Å². The summed E-state index contributed by atoms with van der Waals surface area (Å²) < 4.78 is 76.5. The van der Waals surface area contributed by atoms with Crippen molar-refractivity contribution in [1.82, 2.24) is 0 Å². The van der Waals surface area contributed by atoms with Crippen LogP contribution in [0, 0.1) is 23.3 Å². The Balaban J connectivity index is 3.33. The molecule has 0 aliphatic rings. The molecule has 0 aliphatic carbocycles. The van der Waals surface area contributed by atoms with Gasteiger partial charge in [0.15, 0.2) is 23.3 Å². The lowest BCUT2D eigenvalue weighted by Gasteiger charge is -2.15. The summed E-state index contributed by atoms with van der Waals surface area (Å²) in [4.78, 5) is 10.3. The van der Waals surface area contributed by atoms with Crippen molar-refractivity contribution >= 4 is 5.97 Å². The molecule has 0 aromatic heterocycles. The normalized spacial score (nSPS) is 12.8. The maximum absolute atomic E-state index is 13.2. The Morgan fingerprint density at radius 2 is 1.67 bits per heavy atom. The van der Waals surface area contributed by atoms with Gasteiger partial charge in [0.2, 0.25) is 6.43 Å². The second-order valence-corrected chi connectivity index (χ2v) is 3.43. The van der Waals surface area contributed by atoms with Gasteiger partial charge in [-0.05, 0) is 6.07 Å². The number of carboxylic acid groups (broad SMARTS) is 1. The van der Waals surface area contributed by atoms with E-state index in [0.717, 1.165) is 0 Å². The molecule has 1 rings (SSSR count). The first kappa shape index (κ1) is 14.3. The van der Waals surface area contributed by atoms with Crippen LogP contribution in [0.2, 0.25) is 0 Å². The molecule has 1 N–H and O–H groups in total. The highest BCUT2D eigenvalue weighted by molar-refractivity contribution is 5.68. The zero-order valence-corrected chi connectivity index (χ0v) is 8.56. The van der Waals surface area contributed by atoms with Crippen molar-refractivity contribution in [3.63, 3.8) is 0 Å². The summed E-state index contributed by atoms with van der Waals surface area (Å²) in [6, 6.07) is 0.0352. The third-order valence-corrected chi connectivity index (χ3v) is 2.23. The lowest BCUT2D eigenvalue weighted by Crippen LogP contribution is -2.17. The van der Waals surface area contributed by atoms with E-state index in [1.807, 2.05) is 0 Å². The Bertz CT molecular complexity index is 474. The molecular formula is C10H6F6O2. The van der Waals surface area contributed by atoms with E-state index in [-0.39, 0.29) is 6.07 Å². The SMILES string of the molecule is O=C(O)CC(c1cc(F)c(F)c(F)c1F)C(F)F. The van der Waals surface area contributed by atoms with Gasteiger partial charge in [0.25, 0.3) is 0 Å². The first-order chi connectivity index (χ1) is 8.25. The molecule has 1 atom stereocenters. The monoisotopic (exact) mass is 272 g/mol. The van der Waals surface area contributed by atoms with E-state index in [1.54, 1.807) is 0 Å². The van der Waals surface area contributed by atoms with Crippen molar-refractivity contribution in [3.8, 4) is 0 Å². The highest BCUT2D eigenvalue weighted by Crippen LogP contribution is 2.31. The first-order valence-electron chi connectivity index (χ1n) is 4.58. The fourth-order valence-corrected chi connectivity index (χ4v) is 1.38. The second-order valence-electron chi connectivity index (χ2n) is 3.43. The highest BCUT2D eigenvalue weighted by atomic mass is 19.3. The largest absolute Gasteiger partial charge is 0.481 e. The molecule has 1 unspecified atom stereocenters. The fourth-order valence-electron chi connectivity index (χ4n) is 1.38. The molecule has 18 heavy (non-hydrogen) atoms. The number of carboxylic acids is 1. The first-order valence-corrected chi connectivity index (χ1v) is 4.58. The average molecular weight is 272 g/mol. The molecular weight excluding hydrogens is 266 g/mol. The summed E-state index contributed by atoms with van der Waals surface area (Å²) in [5.41, 5.74) is -1.20. The van der Waals surface area contributed by atoms with Crippen molar-refractivity contribution in [2.24, 2.45) is 0 Å². The van der Waals surface area contributed by atoms with E-state index in [0.29, 0.717) is 0 Å². The van der Waals surface area contributed by atoms with Gasteiger partial charge in [-0.1, -0.05) is 0 Å². The number of benzene rings is 1. The zero-order valence-electron chi connectivity index (χ0n) is 8.56. The van der Waals surface area contributed by atoms with Crippen LogP contribution in [0.25, 0.3) is 0 Å². The van der Waals surface area contributed by atoms with Crippen LogP contribution in [0.4, 0.5) is 26.3 Å². The summed E-state index contributed by atoms with van der Waals surface area (Å²) in [6.07, 6.45) is -4.60. The molecule has 0 aliphatic heterocycles. The van der Waals surface area contributed by atoms with Crippen LogP contribution in [0.1, 0.15) is 17.9 Å². The van der Waals surface area contributed by atoms with Gasteiger partial charge in [-0.25, -0.2) is 26.3 Å². The lowest BCUT2D eigenvalue weighted by atomic mass is 9.95. The van der Waals surface area contributed by atoms with Gasteiger partial charge in [-0.15, -0.1) is 0 Å². The zero-order chi connectivity index (χ0) is 14.0. The van der Waals surface area contributed by atoms with Gasteiger partial charge in [-0.3, -0.25) is 4.79 Å². The van der Waals surface area contributed by atoms with E-state index in [4.69, 9.17) is 5.11 Å². The standard InChI is InChI=1S/C10H6F6O2/c11-5-1-3(7(12)9(14)8(5)13)4(10(15)16)2-6(17)18/h1,4,10H,2H2,(H,17,18). The topological polar surface area (TPSA) is 37.3 Å². The number of halogens is 6. The highest BCUT2D eigenvalue weighted by Gasteiger charge is 2.31. The molecule has 0 saturated carbocycles. The summed E-state index contributed by atoms with van der Waals surface area (Å²) in [6.45, 7) is 0. The quantitative estimate of drug-likeness (QED) is 0.519. The molecule has 0 radical (unpaired) electrons. The smallest absolute Gasteiger partial charge is 0.304 e. The molecule has 0 amide bonds. The number of rotatable bonds is 4. The predicted molar refractivity (Wildman–Crippen MR) is 47.3 cm³/mol. The van der Waals surface area contributed by atoms with Crippen molar-refractivity contribution in [1.29, 1.82) is 0 Å². The van der Waals surface area contributed by atoms with E-state index < -0.39 is 53.6 Å².